The van der Waals surface area contributed by atoms with E-state index in [0.717, 1.165) is 12.8 Å². The van der Waals surface area contributed by atoms with Gasteiger partial charge in [-0.1, -0.05) is 17.7 Å². The topological polar surface area (TPSA) is 49.3 Å². The van der Waals surface area contributed by atoms with Gasteiger partial charge in [-0.3, -0.25) is 4.79 Å². The van der Waals surface area contributed by atoms with Crippen LogP contribution in [0.15, 0.2) is 23.1 Å². The average molecular weight is 265 g/mol. The van der Waals surface area contributed by atoms with E-state index in [1.54, 1.807) is 11.8 Å². The summed E-state index contributed by atoms with van der Waals surface area (Å²) in [6.45, 7) is 4.13. The first kappa shape index (κ1) is 13.4. The zero-order valence-corrected chi connectivity index (χ0v) is 11.6. The van der Waals surface area contributed by atoms with Gasteiger partial charge in [-0.25, -0.2) is 0 Å². The lowest BCUT2D eigenvalue weighted by molar-refractivity contribution is -0.138. The number of rotatable bonds is 6. The van der Waals surface area contributed by atoms with Crippen LogP contribution in [-0.4, -0.2) is 28.9 Å². The fourth-order valence-corrected chi connectivity index (χ4v) is 2.90. The van der Waals surface area contributed by atoms with Crippen molar-refractivity contribution < 1.29 is 9.90 Å². The minimum Gasteiger partial charge on any atom is -0.480 e. The molecule has 1 aliphatic rings. The molecule has 0 radical (unpaired) electrons. The van der Waals surface area contributed by atoms with E-state index in [-0.39, 0.29) is 0 Å². The van der Waals surface area contributed by atoms with E-state index in [1.807, 2.05) is 0 Å². The lowest BCUT2D eigenvalue weighted by Gasteiger charge is -2.14. The molecule has 18 heavy (non-hydrogen) atoms. The Morgan fingerprint density at radius 1 is 1.50 bits per heavy atom. The highest BCUT2D eigenvalue weighted by Crippen LogP contribution is 2.25. The number of aryl methyl sites for hydroxylation is 2. The van der Waals surface area contributed by atoms with Crippen LogP contribution >= 0.6 is 11.8 Å². The van der Waals surface area contributed by atoms with E-state index in [9.17, 15) is 4.79 Å². The lowest BCUT2D eigenvalue weighted by Crippen LogP contribution is -2.40. The van der Waals surface area contributed by atoms with Crippen molar-refractivity contribution in [1.82, 2.24) is 5.32 Å². The van der Waals surface area contributed by atoms with Gasteiger partial charge in [0.15, 0.2) is 0 Å². The highest BCUT2D eigenvalue weighted by molar-refractivity contribution is 7.99. The van der Waals surface area contributed by atoms with Crippen molar-refractivity contribution >= 4 is 17.7 Å². The summed E-state index contributed by atoms with van der Waals surface area (Å²) < 4.78 is 0. The predicted octanol–water partition coefficient (Wildman–Crippen LogP) is 2.60. The number of nitrogens with one attached hydrogen (secondary N) is 1. The van der Waals surface area contributed by atoms with Gasteiger partial charge in [0.1, 0.15) is 6.04 Å². The Morgan fingerprint density at radius 3 is 2.78 bits per heavy atom. The molecule has 2 N–H and O–H groups in total. The lowest BCUT2D eigenvalue weighted by atomic mass is 10.2. The molecule has 1 fully saturated rings. The number of carboxylic acids is 1. The fraction of sp³-hybridized carbons (Fsp3) is 0.500. The van der Waals surface area contributed by atoms with Crippen LogP contribution in [0.2, 0.25) is 0 Å². The molecule has 1 aliphatic carbocycles. The second kappa shape index (κ2) is 5.76. The van der Waals surface area contributed by atoms with E-state index in [2.05, 4.69) is 37.4 Å². The van der Waals surface area contributed by atoms with Crippen molar-refractivity contribution in [2.75, 3.05) is 5.75 Å². The van der Waals surface area contributed by atoms with E-state index in [1.165, 1.54) is 16.0 Å². The van der Waals surface area contributed by atoms with E-state index >= 15 is 0 Å². The fourth-order valence-electron chi connectivity index (χ4n) is 1.86. The third kappa shape index (κ3) is 3.75. The second-order valence-electron chi connectivity index (χ2n) is 4.91. The molecule has 1 aromatic carbocycles. The van der Waals surface area contributed by atoms with E-state index < -0.39 is 12.0 Å². The Balaban J connectivity index is 1.93. The molecule has 1 saturated carbocycles. The van der Waals surface area contributed by atoms with Crippen molar-refractivity contribution in [2.24, 2.45) is 0 Å². The molecule has 98 valence electrons. The van der Waals surface area contributed by atoms with Crippen molar-refractivity contribution in [2.45, 2.75) is 43.7 Å². The number of aliphatic carboxylic acids is 1. The Morgan fingerprint density at radius 2 is 2.22 bits per heavy atom. The predicted molar refractivity (Wildman–Crippen MR) is 74.2 cm³/mol. The number of carbonyl (C=O) groups is 1. The first-order valence-electron chi connectivity index (χ1n) is 6.25. The summed E-state index contributed by atoms with van der Waals surface area (Å²) in [4.78, 5) is 12.3. The van der Waals surface area contributed by atoms with Crippen molar-refractivity contribution in [3.8, 4) is 0 Å². The van der Waals surface area contributed by atoms with Crippen LogP contribution in [-0.2, 0) is 4.79 Å². The van der Waals surface area contributed by atoms with Crippen LogP contribution in [0, 0.1) is 13.8 Å². The largest absolute Gasteiger partial charge is 0.480 e. The molecule has 0 aromatic heterocycles. The maximum absolute atomic E-state index is 11.1. The van der Waals surface area contributed by atoms with Gasteiger partial charge in [-0.2, -0.15) is 0 Å². The molecule has 0 spiro atoms. The van der Waals surface area contributed by atoms with E-state index in [0.29, 0.717) is 11.8 Å². The number of benzene rings is 1. The third-order valence-electron chi connectivity index (χ3n) is 3.05. The molecule has 1 unspecified atom stereocenters. The first-order valence-corrected chi connectivity index (χ1v) is 7.23. The summed E-state index contributed by atoms with van der Waals surface area (Å²) >= 11 is 1.62. The minimum atomic E-state index is -0.751. The Hall–Kier alpha value is -1.00. The molecular formula is C14H19NO2S. The number of carboxylic acid groups (broad SMARTS) is 1. The molecule has 2 rings (SSSR count). The van der Waals surface area contributed by atoms with Gasteiger partial charge in [0, 0.05) is 16.7 Å². The standard InChI is InChI=1S/C14H19NO2S/c1-9-3-6-13(10(2)7-9)18-8-12(14(16)17)15-11-4-5-11/h3,6-7,11-12,15H,4-5,8H2,1-2H3,(H,16,17). The Bertz CT molecular complexity index is 443. The van der Waals surface area contributed by atoms with Crippen LogP contribution in [0.5, 0.6) is 0 Å². The Labute approximate surface area is 112 Å². The van der Waals surface area contributed by atoms with Crippen LogP contribution in [0.25, 0.3) is 0 Å². The zero-order valence-electron chi connectivity index (χ0n) is 10.8. The maximum Gasteiger partial charge on any atom is 0.321 e. The Kier molecular flexibility index (Phi) is 4.30. The summed E-state index contributed by atoms with van der Waals surface area (Å²) in [5.74, 6) is -0.172. The van der Waals surface area contributed by atoms with E-state index in [4.69, 9.17) is 5.11 Å². The van der Waals surface area contributed by atoms with Gasteiger partial charge >= 0.3 is 5.97 Å². The van der Waals surface area contributed by atoms with Gasteiger partial charge in [0.05, 0.1) is 0 Å². The van der Waals surface area contributed by atoms with Gasteiger partial charge < -0.3 is 10.4 Å². The highest BCUT2D eigenvalue weighted by atomic mass is 32.2. The molecule has 1 aromatic rings. The van der Waals surface area contributed by atoms with Crippen molar-refractivity contribution in [3.05, 3.63) is 29.3 Å². The monoisotopic (exact) mass is 265 g/mol. The second-order valence-corrected chi connectivity index (χ2v) is 5.97. The maximum atomic E-state index is 11.1. The van der Waals surface area contributed by atoms with Gasteiger partial charge in [0.25, 0.3) is 0 Å². The zero-order chi connectivity index (χ0) is 13.1. The normalized spacial score (nSPS) is 16.6. The molecule has 0 bridgehead atoms. The highest BCUT2D eigenvalue weighted by Gasteiger charge is 2.28. The van der Waals surface area contributed by atoms with Gasteiger partial charge in [0.2, 0.25) is 0 Å². The number of thioether (sulfide) groups is 1. The molecule has 0 amide bonds. The van der Waals surface area contributed by atoms with Crippen molar-refractivity contribution in [3.63, 3.8) is 0 Å². The van der Waals surface area contributed by atoms with Crippen molar-refractivity contribution in [1.29, 1.82) is 0 Å². The van der Waals surface area contributed by atoms with Crippen LogP contribution < -0.4 is 5.32 Å². The van der Waals surface area contributed by atoms with Gasteiger partial charge in [-0.15, -0.1) is 11.8 Å². The summed E-state index contributed by atoms with van der Waals surface area (Å²) in [5, 5.41) is 12.3. The molecule has 0 heterocycles. The average Bonchev–Trinajstić information content (AvgIpc) is 3.09. The summed E-state index contributed by atoms with van der Waals surface area (Å²) in [7, 11) is 0. The molecule has 1 atom stereocenters. The quantitative estimate of drug-likeness (QED) is 0.776. The SMILES string of the molecule is Cc1ccc(SCC(NC2CC2)C(=O)O)c(C)c1. The smallest absolute Gasteiger partial charge is 0.321 e. The summed E-state index contributed by atoms with van der Waals surface area (Å²) in [5.41, 5.74) is 2.46. The number of hydrogen-bond donors (Lipinski definition) is 2. The third-order valence-corrected chi connectivity index (χ3v) is 4.32. The first-order chi connectivity index (χ1) is 8.56. The molecule has 3 nitrogen and oxygen atoms in total. The molecule has 4 heteroatoms. The minimum absolute atomic E-state index is 0.422. The van der Waals surface area contributed by atoms with Crippen LogP contribution in [0.1, 0.15) is 24.0 Å². The molecular weight excluding hydrogens is 246 g/mol. The molecule has 0 saturated heterocycles. The molecule has 0 aliphatic heterocycles. The summed E-state index contributed by atoms with van der Waals surface area (Å²) in [6.07, 6.45) is 2.22. The summed E-state index contributed by atoms with van der Waals surface area (Å²) in [6, 6.07) is 6.26. The number of hydrogen-bond acceptors (Lipinski definition) is 3. The van der Waals surface area contributed by atoms with Crippen LogP contribution in [0.4, 0.5) is 0 Å². The van der Waals surface area contributed by atoms with Crippen LogP contribution in [0.3, 0.4) is 0 Å². The van der Waals surface area contributed by atoms with Gasteiger partial charge in [-0.05, 0) is 38.3 Å².